The minimum atomic E-state index is -0.531. The highest BCUT2D eigenvalue weighted by atomic mass is 16.2. The van der Waals surface area contributed by atoms with Gasteiger partial charge in [0.05, 0.1) is 5.56 Å². The average molecular weight is 309 g/mol. The first-order valence-electron chi connectivity index (χ1n) is 7.19. The molecule has 3 amide bonds. The third kappa shape index (κ3) is 2.96. The van der Waals surface area contributed by atoms with Crippen LogP contribution < -0.4 is 5.32 Å². The number of hydrogen-bond acceptors (Lipinski definition) is 4. The lowest BCUT2D eigenvalue weighted by Crippen LogP contribution is -2.40. The number of rotatable bonds is 4. The van der Waals surface area contributed by atoms with Crippen LogP contribution in [0.15, 0.2) is 42.6 Å². The molecule has 0 aliphatic carbocycles. The van der Waals surface area contributed by atoms with Crippen molar-refractivity contribution in [1.29, 1.82) is 0 Å². The van der Waals surface area contributed by atoms with Gasteiger partial charge in [-0.05, 0) is 24.6 Å². The molecule has 0 fully saturated rings. The Morgan fingerprint density at radius 2 is 1.87 bits per heavy atom. The number of aromatic nitrogens is 1. The lowest BCUT2D eigenvalue weighted by atomic mass is 10.1. The molecule has 0 unspecified atom stereocenters. The first-order chi connectivity index (χ1) is 11.1. The highest BCUT2D eigenvalue weighted by Gasteiger charge is 2.37. The van der Waals surface area contributed by atoms with Gasteiger partial charge in [0.2, 0.25) is 5.91 Å². The van der Waals surface area contributed by atoms with Gasteiger partial charge in [0, 0.05) is 12.7 Å². The van der Waals surface area contributed by atoms with E-state index in [-0.39, 0.29) is 23.7 Å². The zero-order valence-corrected chi connectivity index (χ0v) is 12.6. The molecule has 2 aromatic rings. The number of aryl methyl sites for hydroxylation is 1. The largest absolute Gasteiger partial charge is 0.350 e. The average Bonchev–Trinajstić information content (AvgIpc) is 2.80. The van der Waals surface area contributed by atoms with Crippen LogP contribution >= 0.6 is 0 Å². The first kappa shape index (κ1) is 14.9. The Morgan fingerprint density at radius 1 is 1.13 bits per heavy atom. The molecule has 116 valence electrons. The van der Waals surface area contributed by atoms with E-state index in [0.29, 0.717) is 6.54 Å². The molecule has 0 saturated carbocycles. The van der Waals surface area contributed by atoms with Gasteiger partial charge in [-0.3, -0.25) is 24.3 Å². The van der Waals surface area contributed by atoms with Crippen LogP contribution in [-0.4, -0.2) is 34.2 Å². The maximum Gasteiger partial charge on any atom is 0.280 e. The number of amides is 3. The lowest BCUT2D eigenvalue weighted by molar-refractivity contribution is -0.121. The Morgan fingerprint density at radius 3 is 2.57 bits per heavy atom. The molecule has 0 atom stereocenters. The van der Waals surface area contributed by atoms with E-state index in [0.717, 1.165) is 16.0 Å². The predicted molar refractivity (Wildman–Crippen MR) is 82.6 cm³/mol. The molecule has 1 aliphatic rings. The Hall–Kier alpha value is -3.02. The van der Waals surface area contributed by atoms with E-state index in [1.807, 2.05) is 31.2 Å². The Labute approximate surface area is 133 Å². The number of fused-ring (bicyclic) bond motifs is 1. The Kier molecular flexibility index (Phi) is 3.89. The zero-order chi connectivity index (χ0) is 16.4. The van der Waals surface area contributed by atoms with Crippen LogP contribution in [0.2, 0.25) is 0 Å². The van der Waals surface area contributed by atoms with Crippen molar-refractivity contribution in [2.24, 2.45) is 0 Å². The van der Waals surface area contributed by atoms with Gasteiger partial charge in [-0.15, -0.1) is 0 Å². The number of benzene rings is 1. The molecule has 3 rings (SSSR count). The summed E-state index contributed by atoms with van der Waals surface area (Å²) in [5.74, 6) is -1.40. The topological polar surface area (TPSA) is 79.4 Å². The van der Waals surface area contributed by atoms with Crippen LogP contribution in [0, 0.1) is 6.92 Å². The first-order valence-corrected chi connectivity index (χ1v) is 7.19. The van der Waals surface area contributed by atoms with Gasteiger partial charge in [0.1, 0.15) is 12.2 Å². The molecule has 0 saturated heterocycles. The monoisotopic (exact) mass is 309 g/mol. The van der Waals surface area contributed by atoms with E-state index in [1.54, 1.807) is 6.07 Å². The Bertz CT molecular complexity index is 749. The van der Waals surface area contributed by atoms with Crippen molar-refractivity contribution in [3.05, 3.63) is 65.0 Å². The standard InChI is InChI=1S/C17H15N3O3/c1-11-4-6-12(7-5-11)9-19-14(21)10-20-16(22)13-3-2-8-18-15(13)17(20)23/h2-8H,9-10H2,1H3,(H,19,21). The smallest absolute Gasteiger partial charge is 0.280 e. The van der Waals surface area contributed by atoms with Crippen molar-refractivity contribution in [2.45, 2.75) is 13.5 Å². The van der Waals surface area contributed by atoms with Crippen LogP contribution in [0.1, 0.15) is 32.0 Å². The molecule has 6 heteroatoms. The minimum absolute atomic E-state index is 0.101. The molecule has 0 spiro atoms. The van der Waals surface area contributed by atoms with E-state index in [1.165, 1.54) is 12.3 Å². The van der Waals surface area contributed by atoms with Gasteiger partial charge in [-0.1, -0.05) is 29.8 Å². The molecular formula is C17H15N3O3. The number of imide groups is 1. The van der Waals surface area contributed by atoms with Crippen molar-refractivity contribution < 1.29 is 14.4 Å². The number of carbonyl (C=O) groups excluding carboxylic acids is 3. The van der Waals surface area contributed by atoms with Gasteiger partial charge in [0.25, 0.3) is 11.8 Å². The SMILES string of the molecule is Cc1ccc(CNC(=O)CN2C(=O)c3cccnc3C2=O)cc1. The van der Waals surface area contributed by atoms with Crippen molar-refractivity contribution in [3.63, 3.8) is 0 Å². The molecule has 0 radical (unpaired) electrons. The van der Waals surface area contributed by atoms with Gasteiger partial charge < -0.3 is 5.32 Å². The van der Waals surface area contributed by atoms with Gasteiger partial charge in [-0.25, -0.2) is 0 Å². The van der Waals surface area contributed by atoms with Crippen LogP contribution in [0.4, 0.5) is 0 Å². The Balaban J connectivity index is 1.62. The number of hydrogen-bond donors (Lipinski definition) is 1. The van der Waals surface area contributed by atoms with Crippen LogP contribution in [0.5, 0.6) is 0 Å². The number of carbonyl (C=O) groups is 3. The van der Waals surface area contributed by atoms with Crippen molar-refractivity contribution in [2.75, 3.05) is 6.54 Å². The minimum Gasteiger partial charge on any atom is -0.350 e. The number of nitrogens with zero attached hydrogens (tertiary/aromatic N) is 2. The summed E-state index contributed by atoms with van der Waals surface area (Å²) >= 11 is 0. The molecular weight excluding hydrogens is 294 g/mol. The third-order valence-electron chi connectivity index (χ3n) is 3.64. The van der Waals surface area contributed by atoms with E-state index < -0.39 is 11.8 Å². The molecule has 2 heterocycles. The fourth-order valence-corrected chi connectivity index (χ4v) is 2.36. The summed E-state index contributed by atoms with van der Waals surface area (Å²) in [5.41, 5.74) is 2.43. The van der Waals surface area contributed by atoms with Crippen LogP contribution in [0.25, 0.3) is 0 Å². The summed E-state index contributed by atoms with van der Waals surface area (Å²) in [4.78, 5) is 41.1. The molecule has 1 aliphatic heterocycles. The maximum atomic E-state index is 12.1. The summed E-state index contributed by atoms with van der Waals surface area (Å²) in [6.45, 7) is 2.03. The fourth-order valence-electron chi connectivity index (χ4n) is 2.36. The van der Waals surface area contributed by atoms with E-state index in [4.69, 9.17) is 0 Å². The van der Waals surface area contributed by atoms with E-state index >= 15 is 0 Å². The highest BCUT2D eigenvalue weighted by molar-refractivity contribution is 6.21. The molecule has 23 heavy (non-hydrogen) atoms. The fraction of sp³-hybridized carbons (Fsp3) is 0.176. The number of pyridine rings is 1. The second-order valence-electron chi connectivity index (χ2n) is 5.36. The second kappa shape index (κ2) is 6.00. The van der Waals surface area contributed by atoms with Gasteiger partial charge in [0.15, 0.2) is 0 Å². The lowest BCUT2D eigenvalue weighted by Gasteiger charge is -2.13. The third-order valence-corrected chi connectivity index (χ3v) is 3.64. The molecule has 1 N–H and O–H groups in total. The highest BCUT2D eigenvalue weighted by Crippen LogP contribution is 2.19. The van der Waals surface area contributed by atoms with Crippen LogP contribution in [-0.2, 0) is 11.3 Å². The van der Waals surface area contributed by atoms with Gasteiger partial charge in [-0.2, -0.15) is 0 Å². The van der Waals surface area contributed by atoms with Crippen LogP contribution in [0.3, 0.4) is 0 Å². The summed E-state index contributed by atoms with van der Waals surface area (Å²) in [6.07, 6.45) is 1.45. The molecule has 1 aromatic carbocycles. The molecule has 1 aromatic heterocycles. The summed E-state index contributed by atoms with van der Waals surface area (Å²) in [7, 11) is 0. The zero-order valence-electron chi connectivity index (χ0n) is 12.6. The molecule has 6 nitrogen and oxygen atoms in total. The van der Waals surface area contributed by atoms with E-state index in [2.05, 4.69) is 10.3 Å². The second-order valence-corrected chi connectivity index (χ2v) is 5.36. The van der Waals surface area contributed by atoms with E-state index in [9.17, 15) is 14.4 Å². The predicted octanol–water partition coefficient (Wildman–Crippen LogP) is 1.30. The maximum absolute atomic E-state index is 12.1. The summed E-state index contributed by atoms with van der Waals surface area (Å²) in [5, 5.41) is 2.71. The van der Waals surface area contributed by atoms with Crippen molar-refractivity contribution in [1.82, 2.24) is 15.2 Å². The molecule has 0 bridgehead atoms. The summed E-state index contributed by atoms with van der Waals surface area (Å²) < 4.78 is 0. The van der Waals surface area contributed by atoms with Crippen molar-refractivity contribution >= 4 is 17.7 Å². The number of nitrogens with one attached hydrogen (secondary N) is 1. The summed E-state index contributed by atoms with van der Waals surface area (Å²) in [6, 6.07) is 10.9. The normalized spacial score (nSPS) is 13.2. The quantitative estimate of drug-likeness (QED) is 0.863. The van der Waals surface area contributed by atoms with Crippen molar-refractivity contribution in [3.8, 4) is 0 Å². The van der Waals surface area contributed by atoms with Gasteiger partial charge >= 0.3 is 0 Å².